The number of ether oxygens (including phenoxy) is 2. The molecule has 2 amide bonds. The average molecular weight is 657 g/mol. The molecule has 0 radical (unpaired) electrons. The first-order chi connectivity index (χ1) is 23.9. The van der Waals surface area contributed by atoms with Crippen LogP contribution >= 0.6 is 0 Å². The van der Waals surface area contributed by atoms with Crippen molar-refractivity contribution < 1.29 is 29.0 Å². The Hall–Kier alpha value is -6.00. The quantitative estimate of drug-likeness (QED) is 0.0945. The molecule has 1 aliphatic rings. The zero-order chi connectivity index (χ0) is 34.2. The SMILES string of the molecule is COC(=O)C(Cc1ccc(NC(=O)Nc2cnccc2C(=O)O)c2c1CCCO2)NC(c1ccccc1)(c1ccccc1)c1ccccc1. The zero-order valence-electron chi connectivity index (χ0n) is 26.9. The van der Waals surface area contributed by atoms with Crippen molar-refractivity contribution in [1.82, 2.24) is 10.3 Å². The van der Waals surface area contributed by atoms with E-state index in [-0.39, 0.29) is 17.7 Å². The van der Waals surface area contributed by atoms with Crippen molar-refractivity contribution in [1.29, 1.82) is 0 Å². The van der Waals surface area contributed by atoms with E-state index < -0.39 is 29.6 Å². The Morgan fingerprint density at radius 3 is 2.00 bits per heavy atom. The number of esters is 1. The molecule has 0 fully saturated rings. The van der Waals surface area contributed by atoms with Crippen molar-refractivity contribution in [2.45, 2.75) is 30.8 Å². The predicted octanol–water partition coefficient (Wildman–Crippen LogP) is 6.41. The Labute approximate surface area is 284 Å². The van der Waals surface area contributed by atoms with E-state index in [2.05, 4.69) is 20.9 Å². The van der Waals surface area contributed by atoms with E-state index in [0.29, 0.717) is 24.5 Å². The second-order valence-electron chi connectivity index (χ2n) is 11.6. The van der Waals surface area contributed by atoms with Crippen LogP contribution in [0.2, 0.25) is 0 Å². The van der Waals surface area contributed by atoms with Crippen LogP contribution in [0, 0.1) is 0 Å². The molecule has 4 aromatic carbocycles. The van der Waals surface area contributed by atoms with Gasteiger partial charge in [-0.25, -0.2) is 9.59 Å². The second-order valence-corrected chi connectivity index (χ2v) is 11.6. The number of amides is 2. The van der Waals surface area contributed by atoms with Crippen molar-refractivity contribution in [3.05, 3.63) is 155 Å². The van der Waals surface area contributed by atoms with Crippen molar-refractivity contribution in [2.75, 3.05) is 24.4 Å². The molecule has 0 saturated carbocycles. The molecule has 248 valence electrons. The number of carboxylic acids is 1. The lowest BCUT2D eigenvalue weighted by Crippen LogP contribution is -2.53. The molecule has 1 atom stereocenters. The Morgan fingerprint density at radius 1 is 0.837 bits per heavy atom. The highest BCUT2D eigenvalue weighted by molar-refractivity contribution is 6.05. The standard InChI is InChI=1S/C39H36N4O6/c1-48-37(46)33(43-39(27-12-5-2-6-13-27,28-14-7-3-8-15-28)29-16-9-4-10-17-29)24-26-19-20-32(35-30(26)18-11-23-49-35)41-38(47)42-34-25-40-22-21-31(34)36(44)45/h2-10,12-17,19-22,25,33,43H,11,18,23-24H2,1H3,(H,44,45)(H2,41,42,47). The number of aromatic nitrogens is 1. The van der Waals surface area contributed by atoms with Gasteiger partial charge in [-0.1, -0.05) is 97.1 Å². The highest BCUT2D eigenvalue weighted by Crippen LogP contribution is 2.39. The number of benzene rings is 4. The summed E-state index contributed by atoms with van der Waals surface area (Å²) < 4.78 is 11.5. The van der Waals surface area contributed by atoms with Gasteiger partial charge in [0.05, 0.1) is 42.4 Å². The van der Waals surface area contributed by atoms with Crippen LogP contribution in [0.5, 0.6) is 5.75 Å². The molecule has 0 saturated heterocycles. The number of nitrogens with zero attached hydrogens (tertiary/aromatic N) is 1. The predicted molar refractivity (Wildman–Crippen MR) is 186 cm³/mol. The summed E-state index contributed by atoms with van der Waals surface area (Å²) in [6.07, 6.45) is 4.32. The molecular formula is C39H36N4O6. The highest BCUT2D eigenvalue weighted by atomic mass is 16.5. The van der Waals surface area contributed by atoms with E-state index >= 15 is 0 Å². The third-order valence-electron chi connectivity index (χ3n) is 8.64. The molecule has 0 spiro atoms. The minimum absolute atomic E-state index is 0.0598. The number of rotatable bonds is 11. The first-order valence-electron chi connectivity index (χ1n) is 16.0. The molecule has 1 aliphatic heterocycles. The van der Waals surface area contributed by atoms with Crippen molar-refractivity contribution in [2.24, 2.45) is 0 Å². The Morgan fingerprint density at radius 2 is 1.43 bits per heavy atom. The molecule has 5 aromatic rings. The lowest BCUT2D eigenvalue weighted by molar-refractivity contribution is -0.143. The second kappa shape index (κ2) is 14.8. The normalized spacial score (nSPS) is 12.9. The molecule has 0 aliphatic carbocycles. The van der Waals surface area contributed by atoms with Gasteiger partial charge in [-0.3, -0.25) is 15.1 Å². The van der Waals surface area contributed by atoms with Crippen LogP contribution in [0.3, 0.4) is 0 Å². The van der Waals surface area contributed by atoms with Crippen LogP contribution in [-0.2, 0) is 27.9 Å². The van der Waals surface area contributed by atoms with Gasteiger partial charge in [0.2, 0.25) is 0 Å². The van der Waals surface area contributed by atoms with Crippen molar-refractivity contribution >= 4 is 29.3 Å². The number of hydrogen-bond acceptors (Lipinski definition) is 7. The van der Waals surface area contributed by atoms with Crippen LogP contribution < -0.4 is 20.7 Å². The van der Waals surface area contributed by atoms with Gasteiger partial charge < -0.3 is 25.2 Å². The summed E-state index contributed by atoms with van der Waals surface area (Å²) in [5.41, 5.74) is 4.09. The summed E-state index contributed by atoms with van der Waals surface area (Å²) in [7, 11) is 1.38. The fraction of sp³-hybridized carbons (Fsp3) is 0.179. The third kappa shape index (κ3) is 7.00. The molecule has 4 N–H and O–H groups in total. The Balaban J connectivity index is 1.37. The summed E-state index contributed by atoms with van der Waals surface area (Å²) in [6.45, 7) is 0.455. The van der Waals surface area contributed by atoms with E-state index in [1.54, 1.807) is 6.07 Å². The van der Waals surface area contributed by atoms with Crippen molar-refractivity contribution in [3.63, 3.8) is 0 Å². The summed E-state index contributed by atoms with van der Waals surface area (Å²) in [5, 5.41) is 18.6. The maximum atomic E-state index is 13.7. The first-order valence-corrected chi connectivity index (χ1v) is 16.0. The van der Waals surface area contributed by atoms with Gasteiger partial charge in [0.1, 0.15) is 11.8 Å². The maximum absolute atomic E-state index is 13.7. The molecule has 2 heterocycles. The van der Waals surface area contributed by atoms with E-state index in [0.717, 1.165) is 34.2 Å². The molecule has 1 aromatic heterocycles. The summed E-state index contributed by atoms with van der Waals surface area (Å²) in [4.78, 5) is 42.3. The van der Waals surface area contributed by atoms with Gasteiger partial charge in [0.25, 0.3) is 0 Å². The van der Waals surface area contributed by atoms with Crippen LogP contribution in [-0.4, -0.2) is 47.8 Å². The molecule has 10 nitrogen and oxygen atoms in total. The zero-order valence-corrected chi connectivity index (χ0v) is 26.9. The Kier molecular flexibility index (Phi) is 9.96. The number of aromatic carboxylic acids is 1. The van der Waals surface area contributed by atoms with Gasteiger partial charge in [-0.2, -0.15) is 0 Å². The van der Waals surface area contributed by atoms with Gasteiger partial charge in [-0.05, 0) is 59.2 Å². The number of urea groups is 1. The maximum Gasteiger partial charge on any atom is 0.337 e. The van der Waals surface area contributed by atoms with Gasteiger partial charge in [0, 0.05) is 6.20 Å². The Bertz CT molecular complexity index is 1840. The number of nitrogens with one attached hydrogen (secondary N) is 3. The smallest absolute Gasteiger partial charge is 0.337 e. The van der Waals surface area contributed by atoms with Gasteiger partial charge >= 0.3 is 18.0 Å². The lowest BCUT2D eigenvalue weighted by Gasteiger charge is -2.39. The van der Waals surface area contributed by atoms with Gasteiger partial charge in [-0.15, -0.1) is 0 Å². The van der Waals surface area contributed by atoms with E-state index in [1.807, 2.05) is 97.1 Å². The number of pyridine rings is 1. The number of fused-ring (bicyclic) bond motifs is 1. The fourth-order valence-corrected chi connectivity index (χ4v) is 6.41. The van der Waals surface area contributed by atoms with E-state index in [4.69, 9.17) is 9.47 Å². The lowest BCUT2D eigenvalue weighted by atomic mass is 9.76. The fourth-order valence-electron chi connectivity index (χ4n) is 6.41. The number of carbonyl (C=O) groups is 3. The summed E-state index contributed by atoms with van der Waals surface area (Å²) in [6, 6.07) is 33.6. The molecule has 0 bridgehead atoms. The van der Waals surface area contributed by atoms with E-state index in [1.165, 1.54) is 25.6 Å². The summed E-state index contributed by atoms with van der Waals surface area (Å²) >= 11 is 0. The third-order valence-corrected chi connectivity index (χ3v) is 8.64. The molecule has 49 heavy (non-hydrogen) atoms. The topological polar surface area (TPSA) is 139 Å². The number of anilines is 2. The number of carbonyl (C=O) groups excluding carboxylic acids is 2. The highest BCUT2D eigenvalue weighted by Gasteiger charge is 2.40. The first kappa shape index (κ1) is 32.9. The largest absolute Gasteiger partial charge is 0.491 e. The molecule has 1 unspecified atom stereocenters. The van der Waals surface area contributed by atoms with Crippen LogP contribution in [0.25, 0.3) is 0 Å². The minimum atomic E-state index is -1.19. The van der Waals surface area contributed by atoms with Crippen LogP contribution in [0.15, 0.2) is 122 Å². The average Bonchev–Trinajstić information content (AvgIpc) is 3.15. The van der Waals surface area contributed by atoms with Crippen LogP contribution in [0.4, 0.5) is 16.2 Å². The monoisotopic (exact) mass is 656 g/mol. The number of hydrogen-bond donors (Lipinski definition) is 4. The van der Waals surface area contributed by atoms with Gasteiger partial charge in [0.15, 0.2) is 0 Å². The van der Waals surface area contributed by atoms with E-state index in [9.17, 15) is 19.5 Å². The van der Waals surface area contributed by atoms with Crippen LogP contribution in [0.1, 0.15) is 44.6 Å². The van der Waals surface area contributed by atoms with Crippen molar-refractivity contribution in [3.8, 4) is 5.75 Å². The number of carboxylic acid groups (broad SMARTS) is 1. The molecular weight excluding hydrogens is 620 g/mol. The molecule has 6 rings (SSSR count). The minimum Gasteiger partial charge on any atom is -0.491 e. The molecule has 10 heteroatoms. The summed E-state index contributed by atoms with van der Waals surface area (Å²) in [5.74, 6) is -1.11. The number of methoxy groups -OCH3 is 1.